The Kier molecular flexibility index (Phi) is 8.08. The Bertz CT molecular complexity index is 904. The van der Waals surface area contributed by atoms with Crippen LogP contribution in [0.4, 0.5) is 0 Å². The van der Waals surface area contributed by atoms with Crippen molar-refractivity contribution in [1.82, 2.24) is 5.32 Å². The minimum Gasteiger partial charge on any atom is -0.507 e. The molecule has 1 amide bonds. The maximum atomic E-state index is 12.2. The number of methoxy groups -OCH3 is 1. The number of cyclic esters (lactones) is 1. The topological polar surface area (TPSA) is 122 Å². The van der Waals surface area contributed by atoms with E-state index >= 15 is 0 Å². The van der Waals surface area contributed by atoms with E-state index in [1.165, 1.54) is 7.11 Å². The van der Waals surface area contributed by atoms with Gasteiger partial charge in [0.2, 0.25) is 5.91 Å². The number of phenolic OH excluding ortho intramolecular Hbond substituents is 1. The number of rotatable bonds is 10. The van der Waals surface area contributed by atoms with Crippen LogP contribution in [0, 0.1) is 12.8 Å². The molecule has 8 nitrogen and oxygen atoms in total. The average Bonchev–Trinajstić information content (AvgIpc) is 3.13. The lowest BCUT2D eigenvalue weighted by molar-refractivity contribution is -0.143. The van der Waals surface area contributed by atoms with Crippen molar-refractivity contribution in [2.45, 2.75) is 66.0 Å². The summed E-state index contributed by atoms with van der Waals surface area (Å²) in [6.07, 6.45) is 3.42. The number of phenols is 1. The summed E-state index contributed by atoms with van der Waals surface area (Å²) in [5.41, 5.74) is 2.96. The molecule has 1 aromatic carbocycles. The van der Waals surface area contributed by atoms with E-state index < -0.39 is 18.0 Å². The van der Waals surface area contributed by atoms with Gasteiger partial charge in [-0.3, -0.25) is 4.79 Å². The number of carboxylic acids is 1. The lowest BCUT2D eigenvalue weighted by atomic mass is 9.94. The number of nitrogens with one attached hydrogen (secondary N) is 1. The first-order valence-corrected chi connectivity index (χ1v) is 10.4. The zero-order chi connectivity index (χ0) is 23.3. The lowest BCUT2D eigenvalue weighted by Crippen LogP contribution is -2.44. The molecular formula is C23H31NO7. The summed E-state index contributed by atoms with van der Waals surface area (Å²) in [5, 5.41) is 22.5. The van der Waals surface area contributed by atoms with E-state index in [0.29, 0.717) is 36.1 Å². The van der Waals surface area contributed by atoms with Crippen molar-refractivity contribution in [3.63, 3.8) is 0 Å². The van der Waals surface area contributed by atoms with Gasteiger partial charge in [-0.05, 0) is 38.2 Å². The molecule has 2 rings (SSSR count). The van der Waals surface area contributed by atoms with Crippen LogP contribution in [0.3, 0.4) is 0 Å². The number of amides is 1. The van der Waals surface area contributed by atoms with Gasteiger partial charge in [-0.1, -0.05) is 31.9 Å². The van der Waals surface area contributed by atoms with Gasteiger partial charge in [0.05, 0.1) is 7.11 Å². The Hall–Kier alpha value is -3.03. The minimum atomic E-state index is -1.04. The van der Waals surface area contributed by atoms with E-state index in [1.54, 1.807) is 6.92 Å². The fourth-order valence-corrected chi connectivity index (χ4v) is 3.65. The van der Waals surface area contributed by atoms with Gasteiger partial charge in [0.25, 0.3) is 0 Å². The van der Waals surface area contributed by atoms with Gasteiger partial charge in [0.15, 0.2) is 0 Å². The Labute approximate surface area is 182 Å². The Balaban J connectivity index is 2.09. The molecule has 3 N–H and O–H groups in total. The van der Waals surface area contributed by atoms with Gasteiger partial charge in [-0.25, -0.2) is 9.59 Å². The molecular weight excluding hydrogens is 402 g/mol. The van der Waals surface area contributed by atoms with Crippen LogP contribution in [0.15, 0.2) is 11.6 Å². The van der Waals surface area contributed by atoms with Gasteiger partial charge >= 0.3 is 11.9 Å². The lowest BCUT2D eigenvalue weighted by Gasteiger charge is -2.20. The smallest absolute Gasteiger partial charge is 0.342 e. The number of carboxylic acid groups (broad SMARTS) is 1. The second-order valence-electron chi connectivity index (χ2n) is 7.94. The SMILES string of the molecule is CC[C@H](C)[C@H](NC(=O)CC/C(C)=C/Cc1c(O)c2c(c(C)c1OC)COC2=O)C(=O)O. The van der Waals surface area contributed by atoms with E-state index in [0.717, 1.165) is 11.1 Å². The zero-order valence-electron chi connectivity index (χ0n) is 18.7. The van der Waals surface area contributed by atoms with Crippen LogP contribution in [0.1, 0.15) is 67.1 Å². The largest absolute Gasteiger partial charge is 0.507 e. The molecule has 1 heterocycles. The van der Waals surface area contributed by atoms with E-state index in [9.17, 15) is 24.6 Å². The number of hydrogen-bond acceptors (Lipinski definition) is 6. The molecule has 0 spiro atoms. The molecule has 31 heavy (non-hydrogen) atoms. The molecule has 0 saturated carbocycles. The molecule has 0 unspecified atom stereocenters. The fourth-order valence-electron chi connectivity index (χ4n) is 3.65. The molecule has 0 saturated heterocycles. The summed E-state index contributed by atoms with van der Waals surface area (Å²) >= 11 is 0. The van der Waals surface area contributed by atoms with Crippen LogP contribution in [0.5, 0.6) is 11.5 Å². The van der Waals surface area contributed by atoms with E-state index in [4.69, 9.17) is 9.47 Å². The number of ether oxygens (including phenoxy) is 2. The van der Waals surface area contributed by atoms with Gasteiger partial charge in [0, 0.05) is 17.5 Å². The Morgan fingerprint density at radius 2 is 2.00 bits per heavy atom. The molecule has 0 aliphatic carbocycles. The molecule has 1 aliphatic rings. The molecule has 0 fully saturated rings. The van der Waals surface area contributed by atoms with Gasteiger partial charge in [0.1, 0.15) is 29.7 Å². The minimum absolute atomic E-state index is 0.113. The Morgan fingerprint density at radius 1 is 1.32 bits per heavy atom. The number of carbonyl (C=O) groups excluding carboxylic acids is 2. The summed E-state index contributed by atoms with van der Waals surface area (Å²) in [5.74, 6) is -1.71. The van der Waals surface area contributed by atoms with Crippen LogP contribution in [-0.2, 0) is 27.4 Å². The third-order valence-electron chi connectivity index (χ3n) is 5.84. The van der Waals surface area contributed by atoms with Gasteiger partial charge < -0.3 is 25.0 Å². The van der Waals surface area contributed by atoms with E-state index in [1.807, 2.05) is 26.8 Å². The summed E-state index contributed by atoms with van der Waals surface area (Å²) in [7, 11) is 1.51. The maximum Gasteiger partial charge on any atom is 0.342 e. The van der Waals surface area contributed by atoms with Crippen molar-refractivity contribution in [2.24, 2.45) is 5.92 Å². The second kappa shape index (κ2) is 10.3. The molecule has 0 aromatic heterocycles. The van der Waals surface area contributed by atoms with Gasteiger partial charge in [-0.15, -0.1) is 0 Å². The second-order valence-corrected chi connectivity index (χ2v) is 7.94. The van der Waals surface area contributed by atoms with Gasteiger partial charge in [-0.2, -0.15) is 0 Å². The predicted molar refractivity (Wildman–Crippen MR) is 114 cm³/mol. The van der Waals surface area contributed by atoms with E-state index in [-0.39, 0.29) is 36.2 Å². The standard InChI is InChI=1S/C23H31NO7/c1-6-13(3)19(22(27)28)24-17(25)10-8-12(2)7-9-15-20(26)18-16(11-31-23(18)29)14(4)21(15)30-5/h7,13,19,26H,6,8-11H2,1-5H3,(H,24,25)(H,27,28)/b12-7+/t13-,19-/m0/s1. The van der Waals surface area contributed by atoms with Crippen LogP contribution in [0.2, 0.25) is 0 Å². The van der Waals surface area contributed by atoms with Crippen molar-refractivity contribution in [3.05, 3.63) is 33.9 Å². The zero-order valence-corrected chi connectivity index (χ0v) is 18.7. The number of hydrogen-bond donors (Lipinski definition) is 3. The highest BCUT2D eigenvalue weighted by Crippen LogP contribution is 2.42. The van der Waals surface area contributed by atoms with Crippen LogP contribution < -0.4 is 10.1 Å². The molecule has 2 atom stereocenters. The highest BCUT2D eigenvalue weighted by atomic mass is 16.5. The molecule has 1 aliphatic heterocycles. The molecule has 8 heteroatoms. The van der Waals surface area contributed by atoms with E-state index in [2.05, 4.69) is 5.32 Å². The number of esters is 1. The van der Waals surface area contributed by atoms with Crippen LogP contribution >= 0.6 is 0 Å². The molecule has 0 radical (unpaired) electrons. The predicted octanol–water partition coefficient (Wildman–Crippen LogP) is 3.26. The summed E-state index contributed by atoms with van der Waals surface area (Å²) in [6.45, 7) is 7.46. The first-order chi connectivity index (χ1) is 14.6. The molecule has 170 valence electrons. The molecule has 1 aromatic rings. The number of carbonyl (C=O) groups is 3. The fraction of sp³-hybridized carbons (Fsp3) is 0.522. The van der Waals surface area contributed by atoms with Crippen molar-refractivity contribution in [1.29, 1.82) is 0 Å². The Morgan fingerprint density at radius 3 is 2.58 bits per heavy atom. The number of aromatic hydroxyl groups is 1. The number of aliphatic carboxylic acids is 1. The van der Waals surface area contributed by atoms with Crippen molar-refractivity contribution >= 4 is 17.8 Å². The summed E-state index contributed by atoms with van der Waals surface area (Å²) < 4.78 is 10.5. The highest BCUT2D eigenvalue weighted by molar-refractivity contribution is 5.98. The number of benzene rings is 1. The first kappa shape index (κ1) is 24.2. The monoisotopic (exact) mass is 433 g/mol. The number of fused-ring (bicyclic) bond motifs is 1. The average molecular weight is 434 g/mol. The molecule has 0 bridgehead atoms. The van der Waals surface area contributed by atoms with Crippen molar-refractivity contribution < 1.29 is 34.1 Å². The highest BCUT2D eigenvalue weighted by Gasteiger charge is 2.32. The quantitative estimate of drug-likeness (QED) is 0.382. The van der Waals surface area contributed by atoms with Crippen molar-refractivity contribution in [3.8, 4) is 11.5 Å². The van der Waals surface area contributed by atoms with Crippen LogP contribution in [-0.4, -0.2) is 41.2 Å². The maximum absolute atomic E-state index is 12.2. The first-order valence-electron chi connectivity index (χ1n) is 10.4. The number of allylic oxidation sites excluding steroid dienone is 2. The third kappa shape index (κ3) is 5.37. The third-order valence-corrected chi connectivity index (χ3v) is 5.84. The summed E-state index contributed by atoms with van der Waals surface area (Å²) in [4.78, 5) is 35.6. The summed E-state index contributed by atoms with van der Waals surface area (Å²) in [6, 6.07) is -0.905. The van der Waals surface area contributed by atoms with Crippen LogP contribution in [0.25, 0.3) is 0 Å². The normalized spacial score (nSPS) is 15.1. The van der Waals surface area contributed by atoms with Crippen molar-refractivity contribution in [2.75, 3.05) is 7.11 Å².